The zero-order valence-electron chi connectivity index (χ0n) is 16.3. The van der Waals surface area contributed by atoms with Gasteiger partial charge in [-0.15, -0.1) is 21.5 Å². The predicted molar refractivity (Wildman–Crippen MR) is 107 cm³/mol. The van der Waals surface area contributed by atoms with Crippen LogP contribution in [0.4, 0.5) is 4.39 Å². The first-order valence-electron chi connectivity index (χ1n) is 9.68. The summed E-state index contributed by atoms with van der Waals surface area (Å²) in [6.45, 7) is 5.05. The first-order chi connectivity index (χ1) is 14.0. The van der Waals surface area contributed by atoms with Gasteiger partial charge in [0.15, 0.2) is 16.7 Å². The van der Waals surface area contributed by atoms with Gasteiger partial charge in [-0.2, -0.15) is 0 Å². The van der Waals surface area contributed by atoms with Gasteiger partial charge < -0.3 is 14.4 Å². The van der Waals surface area contributed by atoms with Crippen LogP contribution in [0.1, 0.15) is 39.7 Å². The Labute approximate surface area is 171 Å². The summed E-state index contributed by atoms with van der Waals surface area (Å²) >= 11 is 1.68. The van der Waals surface area contributed by atoms with E-state index >= 15 is 0 Å². The van der Waals surface area contributed by atoms with E-state index in [0.717, 1.165) is 41.9 Å². The summed E-state index contributed by atoms with van der Waals surface area (Å²) in [6.07, 6.45) is 0.958. The standard InChI is InChI=1S/C20H21FN6OS/c1-12-17-23-24-18(19-22-15-7-8-25(2)11-16(15)29-19)27(17)10-9-26(12)20(28)13-3-5-14(21)6-4-13/h3-6,12H,7-11H2,1-2H3. The van der Waals surface area contributed by atoms with Gasteiger partial charge in [0.05, 0.1) is 11.7 Å². The minimum Gasteiger partial charge on any atom is -0.327 e. The first-order valence-corrected chi connectivity index (χ1v) is 10.5. The molecule has 0 radical (unpaired) electrons. The number of thiazole rings is 1. The van der Waals surface area contributed by atoms with Gasteiger partial charge in [0.2, 0.25) is 0 Å². The Morgan fingerprint density at radius 3 is 2.76 bits per heavy atom. The van der Waals surface area contributed by atoms with Crippen molar-refractivity contribution >= 4 is 17.2 Å². The number of rotatable bonds is 2. The highest BCUT2D eigenvalue weighted by Crippen LogP contribution is 2.34. The molecule has 5 rings (SSSR count). The largest absolute Gasteiger partial charge is 0.327 e. The molecule has 150 valence electrons. The van der Waals surface area contributed by atoms with Gasteiger partial charge in [-0.3, -0.25) is 4.79 Å². The number of halogens is 1. The van der Waals surface area contributed by atoms with Gasteiger partial charge >= 0.3 is 0 Å². The van der Waals surface area contributed by atoms with Crippen molar-refractivity contribution in [2.24, 2.45) is 0 Å². The van der Waals surface area contributed by atoms with Gasteiger partial charge in [-0.25, -0.2) is 9.37 Å². The second-order valence-corrected chi connectivity index (χ2v) is 8.68. The van der Waals surface area contributed by atoms with Gasteiger partial charge in [-0.1, -0.05) is 0 Å². The lowest BCUT2D eigenvalue weighted by atomic mass is 10.1. The topological polar surface area (TPSA) is 67.2 Å². The number of benzene rings is 1. The van der Waals surface area contributed by atoms with Crippen molar-refractivity contribution in [2.75, 3.05) is 20.1 Å². The number of likely N-dealkylation sites (N-methyl/N-ethyl adjacent to an activating group) is 1. The number of fused-ring (bicyclic) bond motifs is 2. The Kier molecular flexibility index (Phi) is 4.44. The maximum Gasteiger partial charge on any atom is 0.254 e. The Hall–Kier alpha value is -2.65. The number of hydrogen-bond acceptors (Lipinski definition) is 6. The Balaban J connectivity index is 1.43. The lowest BCUT2D eigenvalue weighted by Crippen LogP contribution is -2.41. The second-order valence-electron chi connectivity index (χ2n) is 7.59. The molecule has 3 aromatic rings. The first kappa shape index (κ1) is 18.4. The molecule has 2 aromatic heterocycles. The molecule has 9 heteroatoms. The van der Waals surface area contributed by atoms with Crippen molar-refractivity contribution in [3.05, 3.63) is 52.0 Å². The normalized spacial score (nSPS) is 19.1. The van der Waals surface area contributed by atoms with Crippen LogP contribution in [0.15, 0.2) is 24.3 Å². The minimum atomic E-state index is -0.352. The summed E-state index contributed by atoms with van der Waals surface area (Å²) in [6, 6.07) is 5.44. The van der Waals surface area contributed by atoms with Crippen molar-refractivity contribution in [3.63, 3.8) is 0 Å². The molecular weight excluding hydrogens is 391 g/mol. The number of carbonyl (C=O) groups excluding carboxylic acids is 1. The SMILES string of the molecule is CC1c2nnc(-c3nc4c(s3)CN(C)CC4)n2CCN1C(=O)c1ccc(F)cc1. The fourth-order valence-electron chi connectivity index (χ4n) is 4.00. The lowest BCUT2D eigenvalue weighted by Gasteiger charge is -2.33. The zero-order valence-corrected chi connectivity index (χ0v) is 17.1. The maximum atomic E-state index is 13.2. The van der Waals surface area contributed by atoms with Gasteiger partial charge in [-0.05, 0) is 38.2 Å². The fourth-order valence-corrected chi connectivity index (χ4v) is 5.18. The van der Waals surface area contributed by atoms with Crippen LogP contribution >= 0.6 is 11.3 Å². The third kappa shape index (κ3) is 3.14. The molecule has 29 heavy (non-hydrogen) atoms. The molecule has 7 nitrogen and oxygen atoms in total. The Morgan fingerprint density at radius 2 is 1.97 bits per heavy atom. The van der Waals surface area contributed by atoms with Crippen LogP contribution < -0.4 is 0 Å². The molecule has 2 aliphatic heterocycles. The van der Waals surface area contributed by atoms with Crippen molar-refractivity contribution < 1.29 is 9.18 Å². The quantitative estimate of drug-likeness (QED) is 0.648. The van der Waals surface area contributed by atoms with Gasteiger partial charge in [0.1, 0.15) is 5.82 Å². The van der Waals surface area contributed by atoms with E-state index in [1.165, 1.54) is 29.1 Å². The van der Waals surface area contributed by atoms with Crippen LogP contribution in [0.2, 0.25) is 0 Å². The molecule has 0 spiro atoms. The number of aromatic nitrogens is 4. The van der Waals surface area contributed by atoms with Crippen molar-refractivity contribution in [1.82, 2.24) is 29.5 Å². The monoisotopic (exact) mass is 412 g/mol. The van der Waals surface area contributed by atoms with E-state index in [-0.39, 0.29) is 17.8 Å². The summed E-state index contributed by atoms with van der Waals surface area (Å²) in [4.78, 5) is 23.1. The van der Waals surface area contributed by atoms with Crippen LogP contribution in [-0.4, -0.2) is 55.6 Å². The van der Waals surface area contributed by atoms with E-state index < -0.39 is 0 Å². The summed E-state index contributed by atoms with van der Waals surface area (Å²) in [5.41, 5.74) is 1.64. The minimum absolute atomic E-state index is 0.124. The van der Waals surface area contributed by atoms with E-state index in [2.05, 4.69) is 26.7 Å². The molecule has 0 saturated carbocycles. The molecule has 0 N–H and O–H groups in total. The molecule has 0 bridgehead atoms. The second kappa shape index (κ2) is 7.00. The van der Waals surface area contributed by atoms with Crippen LogP contribution in [0.5, 0.6) is 0 Å². The van der Waals surface area contributed by atoms with Crippen molar-refractivity contribution in [1.29, 1.82) is 0 Å². The number of carbonyl (C=O) groups is 1. The molecule has 1 unspecified atom stereocenters. The van der Waals surface area contributed by atoms with Crippen LogP contribution in [-0.2, 0) is 19.5 Å². The predicted octanol–water partition coefficient (Wildman–Crippen LogP) is 2.75. The molecule has 1 amide bonds. The number of nitrogens with zero attached hydrogens (tertiary/aromatic N) is 6. The van der Waals surface area contributed by atoms with E-state index in [0.29, 0.717) is 18.7 Å². The summed E-state index contributed by atoms with van der Waals surface area (Å²) in [7, 11) is 2.12. The number of hydrogen-bond donors (Lipinski definition) is 0. The summed E-state index contributed by atoms with van der Waals surface area (Å²) in [5, 5.41) is 9.71. The van der Waals surface area contributed by atoms with Crippen LogP contribution in [0, 0.1) is 5.82 Å². The van der Waals surface area contributed by atoms with E-state index in [1.807, 2.05) is 6.92 Å². The van der Waals surface area contributed by atoms with E-state index in [1.54, 1.807) is 16.2 Å². The Bertz CT molecular complexity index is 1080. The third-order valence-corrected chi connectivity index (χ3v) is 6.73. The average molecular weight is 412 g/mol. The molecule has 1 aromatic carbocycles. The van der Waals surface area contributed by atoms with E-state index in [9.17, 15) is 9.18 Å². The smallest absolute Gasteiger partial charge is 0.254 e. The molecule has 1 atom stereocenters. The highest BCUT2D eigenvalue weighted by Gasteiger charge is 2.33. The highest BCUT2D eigenvalue weighted by atomic mass is 32.1. The number of amides is 1. The van der Waals surface area contributed by atoms with Crippen molar-refractivity contribution in [3.8, 4) is 10.8 Å². The average Bonchev–Trinajstić information content (AvgIpc) is 3.32. The molecule has 0 aliphatic carbocycles. The lowest BCUT2D eigenvalue weighted by molar-refractivity contribution is 0.0638. The van der Waals surface area contributed by atoms with Crippen molar-refractivity contribution in [2.45, 2.75) is 32.5 Å². The third-order valence-electron chi connectivity index (χ3n) is 5.65. The molecule has 2 aliphatic rings. The Morgan fingerprint density at radius 1 is 1.17 bits per heavy atom. The molecule has 4 heterocycles. The van der Waals surface area contributed by atoms with E-state index in [4.69, 9.17) is 4.98 Å². The molecule has 0 fully saturated rings. The van der Waals surface area contributed by atoms with Crippen LogP contribution in [0.25, 0.3) is 10.8 Å². The van der Waals surface area contributed by atoms with Gasteiger partial charge in [0.25, 0.3) is 5.91 Å². The molecule has 0 saturated heterocycles. The summed E-state index contributed by atoms with van der Waals surface area (Å²) < 4.78 is 15.3. The molecular formula is C20H21FN6OS. The highest BCUT2D eigenvalue weighted by molar-refractivity contribution is 7.15. The van der Waals surface area contributed by atoms with Crippen LogP contribution in [0.3, 0.4) is 0 Å². The van der Waals surface area contributed by atoms with Gasteiger partial charge in [0, 0.05) is 43.0 Å². The zero-order chi connectivity index (χ0) is 20.1. The summed E-state index contributed by atoms with van der Waals surface area (Å²) in [5.74, 6) is 1.06. The fraction of sp³-hybridized carbons (Fsp3) is 0.400. The maximum absolute atomic E-state index is 13.2.